The number of benzene rings is 1. The highest BCUT2D eigenvalue weighted by atomic mass is 19.1. The number of halogens is 1. The minimum absolute atomic E-state index is 0.0263. The van der Waals surface area contributed by atoms with Gasteiger partial charge in [0.15, 0.2) is 5.78 Å². The number of alkyl halides is 1. The summed E-state index contributed by atoms with van der Waals surface area (Å²) in [5.74, 6) is 0.115. The number of hydrogen-bond acceptors (Lipinski definition) is 6. The number of nitrogens with zero attached hydrogens (tertiary/aromatic N) is 6. The Labute approximate surface area is 178 Å². The van der Waals surface area contributed by atoms with Gasteiger partial charge in [-0.05, 0) is 24.6 Å². The Morgan fingerprint density at radius 2 is 2.00 bits per heavy atom. The van der Waals surface area contributed by atoms with Crippen LogP contribution >= 0.6 is 0 Å². The molecule has 0 bridgehead atoms. The van der Waals surface area contributed by atoms with Crippen LogP contribution in [-0.2, 0) is 11.3 Å². The zero-order valence-corrected chi connectivity index (χ0v) is 17.2. The van der Waals surface area contributed by atoms with E-state index >= 15 is 0 Å². The lowest BCUT2D eigenvalue weighted by molar-refractivity contribution is -0.132. The maximum Gasteiger partial charge on any atom is 0.244 e. The molecule has 1 amide bonds. The summed E-state index contributed by atoms with van der Waals surface area (Å²) in [5.41, 5.74) is 2.52. The van der Waals surface area contributed by atoms with Gasteiger partial charge in [-0.25, -0.2) is 14.4 Å². The van der Waals surface area contributed by atoms with Crippen molar-refractivity contribution in [1.29, 1.82) is 5.26 Å². The second-order valence-corrected chi connectivity index (χ2v) is 7.71. The van der Waals surface area contributed by atoms with Crippen LogP contribution < -0.4 is 0 Å². The van der Waals surface area contributed by atoms with E-state index in [0.29, 0.717) is 16.7 Å². The molecule has 0 saturated carbocycles. The lowest BCUT2D eigenvalue weighted by Crippen LogP contribution is -2.38. The predicted octanol–water partition coefficient (Wildman–Crippen LogP) is 2.86. The summed E-state index contributed by atoms with van der Waals surface area (Å²) in [5, 5.41) is 14.0. The van der Waals surface area contributed by atoms with Gasteiger partial charge < -0.3 is 4.90 Å². The first kappa shape index (κ1) is 20.6. The van der Waals surface area contributed by atoms with Crippen molar-refractivity contribution in [2.75, 3.05) is 6.54 Å². The highest BCUT2D eigenvalue weighted by Crippen LogP contribution is 2.28. The molecule has 8 nitrogen and oxygen atoms in total. The van der Waals surface area contributed by atoms with Gasteiger partial charge >= 0.3 is 0 Å². The molecule has 0 radical (unpaired) electrons. The van der Waals surface area contributed by atoms with Crippen molar-refractivity contribution in [3.63, 3.8) is 0 Å². The monoisotopic (exact) mass is 420 g/mol. The number of carbonyl (C=O) groups is 2. The van der Waals surface area contributed by atoms with E-state index in [1.54, 1.807) is 25.4 Å². The largest absolute Gasteiger partial charge is 0.334 e. The highest BCUT2D eigenvalue weighted by Gasteiger charge is 2.35. The zero-order chi connectivity index (χ0) is 22.1. The van der Waals surface area contributed by atoms with Crippen molar-refractivity contribution in [2.45, 2.75) is 45.4 Å². The van der Waals surface area contributed by atoms with Crippen molar-refractivity contribution in [2.24, 2.45) is 0 Å². The molecule has 1 aromatic carbocycles. The molecule has 9 heteroatoms. The Bertz CT molecular complexity index is 1200. The number of amides is 1. The number of likely N-dealkylation sites (tertiary alicyclic amines) is 1. The molecule has 3 heterocycles. The van der Waals surface area contributed by atoms with Crippen molar-refractivity contribution in [3.8, 4) is 17.2 Å². The summed E-state index contributed by atoms with van der Waals surface area (Å²) in [7, 11) is 0. The minimum atomic E-state index is -1.14. The molecule has 158 valence electrons. The third kappa shape index (κ3) is 4.01. The molecule has 0 spiro atoms. The average molecular weight is 420 g/mol. The summed E-state index contributed by atoms with van der Waals surface area (Å²) < 4.78 is 15.3. The van der Waals surface area contributed by atoms with Gasteiger partial charge in [0.05, 0.1) is 24.6 Å². The Kier molecular flexibility index (Phi) is 5.46. The summed E-state index contributed by atoms with van der Waals surface area (Å²) in [6.07, 6.45) is 2.54. The summed E-state index contributed by atoms with van der Waals surface area (Å²) in [4.78, 5) is 34.9. The first-order chi connectivity index (χ1) is 14.9. The van der Waals surface area contributed by atoms with E-state index in [0.717, 1.165) is 11.1 Å². The van der Waals surface area contributed by atoms with Crippen LogP contribution in [0.2, 0.25) is 0 Å². The summed E-state index contributed by atoms with van der Waals surface area (Å²) in [6, 6.07) is 7.07. The van der Waals surface area contributed by atoms with Gasteiger partial charge in [0.25, 0.3) is 0 Å². The molecule has 0 unspecified atom stereocenters. The number of Topliss-reactive ketones (excluding diaryl/α,β-unsaturated/α-hetero) is 1. The van der Waals surface area contributed by atoms with E-state index in [1.807, 2.05) is 18.2 Å². The Morgan fingerprint density at radius 3 is 2.68 bits per heavy atom. The molecular weight excluding hydrogens is 399 g/mol. The molecule has 2 aromatic heterocycles. The highest BCUT2D eigenvalue weighted by molar-refractivity contribution is 6.06. The van der Waals surface area contributed by atoms with Crippen LogP contribution in [0.4, 0.5) is 4.39 Å². The Hall–Kier alpha value is -3.67. The summed E-state index contributed by atoms with van der Waals surface area (Å²) >= 11 is 0. The van der Waals surface area contributed by atoms with Crippen molar-refractivity contribution in [3.05, 3.63) is 42.1 Å². The molecule has 3 aromatic rings. The first-order valence-electron chi connectivity index (χ1n) is 9.98. The molecule has 2 atom stereocenters. The van der Waals surface area contributed by atoms with Crippen LogP contribution in [0, 0.1) is 18.3 Å². The normalized spacial score (nSPS) is 18.3. The van der Waals surface area contributed by atoms with Gasteiger partial charge in [0, 0.05) is 42.7 Å². The van der Waals surface area contributed by atoms with Gasteiger partial charge in [-0.15, -0.1) is 0 Å². The van der Waals surface area contributed by atoms with Crippen LogP contribution in [0.1, 0.15) is 36.1 Å². The topological polar surface area (TPSA) is 105 Å². The quantitative estimate of drug-likeness (QED) is 0.588. The molecule has 0 N–H and O–H groups in total. The van der Waals surface area contributed by atoms with E-state index in [1.165, 1.54) is 16.5 Å². The number of aryl methyl sites for hydroxylation is 1. The standard InChI is InChI=1S/C22H21FN6O2/c1-13(30)22-19-7-15(16-9-25-14(2)26-10-16)3-4-20(19)29(27-22)12-21(31)28-11-17(23)8-18(28)5-6-24/h3-4,7,9-10,17-18H,5,8,11-12H2,1-2H3/t17-,18-/m1/s1. The van der Waals surface area contributed by atoms with Crippen molar-refractivity contribution < 1.29 is 14.0 Å². The molecule has 31 heavy (non-hydrogen) atoms. The fourth-order valence-electron chi connectivity index (χ4n) is 3.96. The second-order valence-electron chi connectivity index (χ2n) is 7.71. The van der Waals surface area contributed by atoms with E-state index < -0.39 is 12.2 Å². The fourth-order valence-corrected chi connectivity index (χ4v) is 3.96. The van der Waals surface area contributed by atoms with Gasteiger partial charge in [0.2, 0.25) is 5.91 Å². The van der Waals surface area contributed by atoms with Gasteiger partial charge in [-0.2, -0.15) is 10.4 Å². The Morgan fingerprint density at radius 1 is 1.26 bits per heavy atom. The van der Waals surface area contributed by atoms with Crippen LogP contribution in [0.5, 0.6) is 0 Å². The van der Waals surface area contributed by atoms with Crippen LogP contribution in [-0.4, -0.2) is 55.1 Å². The minimum Gasteiger partial charge on any atom is -0.334 e. The van der Waals surface area contributed by atoms with E-state index in [9.17, 15) is 14.0 Å². The molecule has 4 rings (SSSR count). The van der Waals surface area contributed by atoms with E-state index in [4.69, 9.17) is 5.26 Å². The smallest absolute Gasteiger partial charge is 0.244 e. The molecule has 0 aliphatic carbocycles. The molecule has 1 saturated heterocycles. The van der Waals surface area contributed by atoms with Crippen LogP contribution in [0.3, 0.4) is 0 Å². The average Bonchev–Trinajstić information content (AvgIpc) is 3.29. The number of aromatic nitrogens is 4. The third-order valence-electron chi connectivity index (χ3n) is 5.49. The summed E-state index contributed by atoms with van der Waals surface area (Å²) in [6.45, 7) is 3.06. The SMILES string of the molecule is CC(=O)c1nn(CC(=O)N2C[C@H](F)C[C@H]2CC#N)c2ccc(-c3cnc(C)nc3)cc12. The van der Waals surface area contributed by atoms with Crippen molar-refractivity contribution in [1.82, 2.24) is 24.6 Å². The number of nitriles is 1. The molecule has 1 fully saturated rings. The maximum absolute atomic E-state index is 13.9. The number of hydrogen-bond donors (Lipinski definition) is 0. The molecule has 1 aliphatic rings. The lowest BCUT2D eigenvalue weighted by atomic mass is 10.0. The van der Waals surface area contributed by atoms with Crippen LogP contribution in [0.15, 0.2) is 30.6 Å². The number of fused-ring (bicyclic) bond motifs is 1. The molecule has 1 aliphatic heterocycles. The van der Waals surface area contributed by atoms with Gasteiger partial charge in [0.1, 0.15) is 24.2 Å². The second kappa shape index (κ2) is 8.22. The Balaban J connectivity index is 1.68. The number of rotatable bonds is 5. The van der Waals surface area contributed by atoms with Crippen molar-refractivity contribution >= 4 is 22.6 Å². The van der Waals surface area contributed by atoms with E-state index in [-0.39, 0.29) is 43.3 Å². The van der Waals surface area contributed by atoms with Gasteiger partial charge in [-0.1, -0.05) is 6.07 Å². The lowest BCUT2D eigenvalue weighted by Gasteiger charge is -2.22. The van der Waals surface area contributed by atoms with Gasteiger partial charge in [-0.3, -0.25) is 14.3 Å². The number of carbonyl (C=O) groups excluding carboxylic acids is 2. The maximum atomic E-state index is 13.9. The fraction of sp³-hybridized carbons (Fsp3) is 0.364. The third-order valence-corrected chi connectivity index (χ3v) is 5.49. The zero-order valence-electron chi connectivity index (χ0n) is 17.2. The number of ketones is 1. The van der Waals surface area contributed by atoms with E-state index in [2.05, 4.69) is 15.1 Å². The van der Waals surface area contributed by atoms with Crippen LogP contribution in [0.25, 0.3) is 22.0 Å². The first-order valence-corrected chi connectivity index (χ1v) is 9.98. The predicted molar refractivity (Wildman–Crippen MR) is 111 cm³/mol. The molecular formula is C22H21FN6O2.